The van der Waals surface area contributed by atoms with Crippen molar-refractivity contribution in [1.82, 2.24) is 15.5 Å². The fourth-order valence-corrected chi connectivity index (χ4v) is 2.92. The standard InChI is InChI=1S/C16H17N3O2S/c1-9-13-10(14(20)18-16(2,3)4)8-11(12-6-5-7-22-12)17-15(13)21-19-9/h5-8H,1-4H3,(H,18,20). The third-order valence-corrected chi connectivity index (χ3v) is 4.02. The quantitative estimate of drug-likeness (QED) is 0.781. The van der Waals surface area contributed by atoms with Crippen LogP contribution in [0.25, 0.3) is 21.7 Å². The molecule has 0 bridgehead atoms. The number of carbonyl (C=O) groups excluding carboxylic acids is 1. The molecule has 0 saturated heterocycles. The maximum atomic E-state index is 12.6. The molecule has 0 unspecified atom stereocenters. The van der Waals surface area contributed by atoms with Crippen LogP contribution in [0.1, 0.15) is 36.8 Å². The lowest BCUT2D eigenvalue weighted by atomic mass is 10.0. The molecule has 0 saturated carbocycles. The van der Waals surface area contributed by atoms with E-state index in [2.05, 4.69) is 15.5 Å². The molecule has 0 aliphatic rings. The highest BCUT2D eigenvalue weighted by Crippen LogP contribution is 2.29. The summed E-state index contributed by atoms with van der Waals surface area (Å²) in [5, 5.41) is 9.57. The molecule has 22 heavy (non-hydrogen) atoms. The van der Waals surface area contributed by atoms with Crippen molar-refractivity contribution in [3.05, 3.63) is 34.8 Å². The van der Waals surface area contributed by atoms with Crippen molar-refractivity contribution in [3.8, 4) is 10.6 Å². The molecule has 3 rings (SSSR count). The number of pyridine rings is 1. The van der Waals surface area contributed by atoms with Gasteiger partial charge in [0.15, 0.2) is 0 Å². The number of amides is 1. The summed E-state index contributed by atoms with van der Waals surface area (Å²) in [4.78, 5) is 18.1. The number of hydrogen-bond donors (Lipinski definition) is 1. The summed E-state index contributed by atoms with van der Waals surface area (Å²) in [6, 6.07) is 5.72. The lowest BCUT2D eigenvalue weighted by molar-refractivity contribution is 0.0921. The van der Waals surface area contributed by atoms with E-state index in [1.165, 1.54) is 0 Å². The van der Waals surface area contributed by atoms with Gasteiger partial charge in [0, 0.05) is 5.54 Å². The summed E-state index contributed by atoms with van der Waals surface area (Å²) in [7, 11) is 0. The van der Waals surface area contributed by atoms with Crippen LogP contribution in [-0.4, -0.2) is 21.6 Å². The van der Waals surface area contributed by atoms with Gasteiger partial charge in [-0.05, 0) is 45.2 Å². The maximum Gasteiger partial charge on any atom is 0.259 e. The van der Waals surface area contributed by atoms with Crippen molar-refractivity contribution in [3.63, 3.8) is 0 Å². The van der Waals surface area contributed by atoms with Gasteiger partial charge in [0.05, 0.1) is 27.2 Å². The Labute approximate surface area is 132 Å². The topological polar surface area (TPSA) is 68.0 Å². The van der Waals surface area contributed by atoms with Crippen LogP contribution in [0.3, 0.4) is 0 Å². The van der Waals surface area contributed by atoms with E-state index < -0.39 is 0 Å². The van der Waals surface area contributed by atoms with E-state index in [4.69, 9.17) is 4.52 Å². The molecular formula is C16H17N3O2S. The van der Waals surface area contributed by atoms with Gasteiger partial charge in [-0.2, -0.15) is 0 Å². The first-order valence-corrected chi connectivity index (χ1v) is 7.86. The number of aromatic nitrogens is 2. The number of carbonyl (C=O) groups is 1. The van der Waals surface area contributed by atoms with Crippen LogP contribution in [0.4, 0.5) is 0 Å². The van der Waals surface area contributed by atoms with E-state index in [-0.39, 0.29) is 11.4 Å². The SMILES string of the molecule is Cc1noc2nc(-c3cccs3)cc(C(=O)NC(C)(C)C)c12. The highest BCUT2D eigenvalue weighted by Gasteiger charge is 2.22. The average Bonchev–Trinajstić information content (AvgIpc) is 3.06. The lowest BCUT2D eigenvalue weighted by Crippen LogP contribution is -2.40. The minimum atomic E-state index is -0.319. The lowest BCUT2D eigenvalue weighted by Gasteiger charge is -2.20. The monoisotopic (exact) mass is 315 g/mol. The summed E-state index contributed by atoms with van der Waals surface area (Å²) >= 11 is 1.57. The van der Waals surface area contributed by atoms with Gasteiger partial charge in [-0.3, -0.25) is 4.79 Å². The predicted octanol–water partition coefficient (Wildman–Crippen LogP) is 3.79. The zero-order valence-electron chi connectivity index (χ0n) is 12.9. The molecule has 0 aromatic carbocycles. The van der Waals surface area contributed by atoms with Gasteiger partial charge in [0.1, 0.15) is 0 Å². The summed E-state index contributed by atoms with van der Waals surface area (Å²) in [5.41, 5.74) is 2.00. The molecular weight excluding hydrogens is 298 g/mol. The molecule has 114 valence electrons. The molecule has 1 N–H and O–H groups in total. The Kier molecular flexibility index (Phi) is 3.48. The first-order chi connectivity index (χ1) is 10.3. The second-order valence-electron chi connectivity index (χ2n) is 6.18. The number of fused-ring (bicyclic) bond motifs is 1. The third-order valence-electron chi connectivity index (χ3n) is 3.12. The van der Waals surface area contributed by atoms with Crippen molar-refractivity contribution >= 4 is 28.3 Å². The molecule has 1 amide bonds. The number of hydrogen-bond acceptors (Lipinski definition) is 5. The minimum Gasteiger partial charge on any atom is -0.347 e. The van der Waals surface area contributed by atoms with Crippen LogP contribution >= 0.6 is 11.3 Å². The van der Waals surface area contributed by atoms with Crippen LogP contribution in [-0.2, 0) is 0 Å². The van der Waals surface area contributed by atoms with Gasteiger partial charge in [0.25, 0.3) is 11.6 Å². The van der Waals surface area contributed by atoms with Gasteiger partial charge < -0.3 is 9.84 Å². The zero-order chi connectivity index (χ0) is 15.9. The molecule has 0 spiro atoms. The second-order valence-corrected chi connectivity index (χ2v) is 7.13. The number of thiophene rings is 1. The van der Waals surface area contributed by atoms with E-state index in [9.17, 15) is 4.79 Å². The zero-order valence-corrected chi connectivity index (χ0v) is 13.7. The van der Waals surface area contributed by atoms with Crippen LogP contribution in [0, 0.1) is 6.92 Å². The van der Waals surface area contributed by atoms with Gasteiger partial charge in [0.2, 0.25) is 0 Å². The fourth-order valence-electron chi connectivity index (χ4n) is 2.23. The molecule has 3 heterocycles. The Morgan fingerprint density at radius 3 is 2.77 bits per heavy atom. The maximum absolute atomic E-state index is 12.6. The molecule has 0 aliphatic heterocycles. The summed E-state index contributed by atoms with van der Waals surface area (Å²) < 4.78 is 5.27. The van der Waals surface area contributed by atoms with Crippen LogP contribution in [0.5, 0.6) is 0 Å². The molecule has 6 heteroatoms. The van der Waals surface area contributed by atoms with Crippen LogP contribution < -0.4 is 5.32 Å². The van der Waals surface area contributed by atoms with Crippen LogP contribution in [0.2, 0.25) is 0 Å². The van der Waals surface area contributed by atoms with Crippen molar-refractivity contribution in [2.75, 3.05) is 0 Å². The smallest absolute Gasteiger partial charge is 0.259 e. The molecule has 0 atom stereocenters. The molecule has 5 nitrogen and oxygen atoms in total. The summed E-state index contributed by atoms with van der Waals surface area (Å²) in [6.07, 6.45) is 0. The molecule has 0 fully saturated rings. The van der Waals surface area contributed by atoms with E-state index in [1.54, 1.807) is 17.4 Å². The Hall–Kier alpha value is -2.21. The summed E-state index contributed by atoms with van der Waals surface area (Å²) in [6.45, 7) is 7.66. The number of nitrogens with one attached hydrogen (secondary N) is 1. The largest absolute Gasteiger partial charge is 0.347 e. The molecule has 0 aliphatic carbocycles. The van der Waals surface area contributed by atoms with Gasteiger partial charge in [-0.25, -0.2) is 4.98 Å². The van der Waals surface area contributed by atoms with Crippen molar-refractivity contribution < 1.29 is 9.32 Å². The Bertz CT molecular complexity index is 829. The van der Waals surface area contributed by atoms with E-state index in [0.717, 1.165) is 10.6 Å². The normalized spacial score (nSPS) is 11.8. The molecule has 0 radical (unpaired) electrons. The van der Waals surface area contributed by atoms with Crippen molar-refractivity contribution in [2.24, 2.45) is 0 Å². The van der Waals surface area contributed by atoms with E-state index in [1.807, 2.05) is 45.2 Å². The average molecular weight is 315 g/mol. The highest BCUT2D eigenvalue weighted by atomic mass is 32.1. The number of nitrogens with zero attached hydrogens (tertiary/aromatic N) is 2. The highest BCUT2D eigenvalue weighted by molar-refractivity contribution is 7.13. The van der Waals surface area contributed by atoms with Gasteiger partial charge >= 0.3 is 0 Å². The van der Waals surface area contributed by atoms with Crippen LogP contribution in [0.15, 0.2) is 28.1 Å². The van der Waals surface area contributed by atoms with Gasteiger partial charge in [-0.1, -0.05) is 11.2 Å². The predicted molar refractivity (Wildman–Crippen MR) is 87.1 cm³/mol. The first-order valence-electron chi connectivity index (χ1n) is 6.98. The Balaban J connectivity index is 2.18. The second kappa shape index (κ2) is 5.21. The van der Waals surface area contributed by atoms with Crippen molar-refractivity contribution in [2.45, 2.75) is 33.2 Å². The number of aryl methyl sites for hydroxylation is 1. The minimum absolute atomic E-state index is 0.149. The summed E-state index contributed by atoms with van der Waals surface area (Å²) in [5.74, 6) is -0.149. The van der Waals surface area contributed by atoms with Crippen molar-refractivity contribution in [1.29, 1.82) is 0 Å². The molecule has 3 aromatic heterocycles. The van der Waals surface area contributed by atoms with Gasteiger partial charge in [-0.15, -0.1) is 11.3 Å². The Morgan fingerprint density at radius 2 is 2.14 bits per heavy atom. The number of rotatable bonds is 2. The Morgan fingerprint density at radius 1 is 1.36 bits per heavy atom. The fraction of sp³-hybridized carbons (Fsp3) is 0.312. The first kappa shape index (κ1) is 14.7. The van der Waals surface area contributed by atoms with E-state index in [0.29, 0.717) is 22.4 Å². The molecule has 3 aromatic rings. The third kappa shape index (κ3) is 2.74. The van der Waals surface area contributed by atoms with E-state index >= 15 is 0 Å².